The molecule has 21 heavy (non-hydrogen) atoms. The molecule has 0 saturated heterocycles. The smallest absolute Gasteiger partial charge is 0.423 e. The first-order valence-electron chi connectivity index (χ1n) is 4.94. The standard InChI is InChI=1S/C10H5F6NO4/c1-21-8(18)4-2-6(10(14,15)16)7(17(19)20)3-5(4)9(11,12)13/h2-3H,1H3. The van der Waals surface area contributed by atoms with Gasteiger partial charge in [-0.25, -0.2) is 4.79 Å². The van der Waals surface area contributed by atoms with E-state index in [1.165, 1.54) is 0 Å². The second kappa shape index (κ2) is 5.22. The highest BCUT2D eigenvalue weighted by atomic mass is 19.4. The molecule has 5 nitrogen and oxygen atoms in total. The van der Waals surface area contributed by atoms with Crippen LogP contribution in [0.3, 0.4) is 0 Å². The van der Waals surface area contributed by atoms with E-state index in [0.29, 0.717) is 7.11 Å². The number of hydrogen-bond donors (Lipinski definition) is 0. The SMILES string of the molecule is COC(=O)c1cc(C(F)(F)F)c([N+](=O)[O-])cc1C(F)(F)F. The van der Waals surface area contributed by atoms with Gasteiger partial charge in [0.05, 0.1) is 23.2 Å². The van der Waals surface area contributed by atoms with E-state index in [-0.39, 0.29) is 12.1 Å². The largest absolute Gasteiger partial charge is 0.465 e. The molecule has 0 spiro atoms. The van der Waals surface area contributed by atoms with Crippen molar-refractivity contribution in [3.05, 3.63) is 38.9 Å². The van der Waals surface area contributed by atoms with E-state index in [0.717, 1.165) is 0 Å². The molecule has 0 N–H and O–H groups in total. The number of ether oxygens (including phenoxy) is 1. The Kier molecular flexibility index (Phi) is 4.16. The van der Waals surface area contributed by atoms with Gasteiger partial charge in [0.15, 0.2) is 0 Å². The molecule has 0 heterocycles. The van der Waals surface area contributed by atoms with Gasteiger partial charge in [-0.15, -0.1) is 0 Å². The third-order valence-corrected chi connectivity index (χ3v) is 2.35. The molecule has 0 unspecified atom stereocenters. The van der Waals surface area contributed by atoms with Crippen LogP contribution in [-0.2, 0) is 17.1 Å². The number of methoxy groups -OCH3 is 1. The molecule has 0 saturated carbocycles. The molecule has 1 aromatic rings. The number of nitrogens with zero attached hydrogens (tertiary/aromatic N) is 1. The predicted octanol–water partition coefficient (Wildman–Crippen LogP) is 3.42. The van der Waals surface area contributed by atoms with Crippen molar-refractivity contribution in [3.8, 4) is 0 Å². The Hall–Kier alpha value is -2.33. The van der Waals surface area contributed by atoms with Gasteiger partial charge in [-0.05, 0) is 6.07 Å². The number of benzene rings is 1. The van der Waals surface area contributed by atoms with Crippen molar-refractivity contribution in [2.75, 3.05) is 7.11 Å². The first-order valence-corrected chi connectivity index (χ1v) is 4.94. The van der Waals surface area contributed by atoms with Crippen molar-refractivity contribution < 1.29 is 40.8 Å². The Balaban J connectivity index is 3.79. The summed E-state index contributed by atoms with van der Waals surface area (Å²) in [7, 11) is 0.664. The number of rotatable bonds is 2. The fourth-order valence-corrected chi connectivity index (χ4v) is 1.48. The van der Waals surface area contributed by atoms with Gasteiger partial charge in [0.2, 0.25) is 0 Å². The maximum Gasteiger partial charge on any atom is 0.423 e. The average molecular weight is 317 g/mol. The van der Waals surface area contributed by atoms with Gasteiger partial charge >= 0.3 is 18.3 Å². The normalized spacial score (nSPS) is 12.1. The Bertz CT molecular complexity index is 592. The van der Waals surface area contributed by atoms with Crippen molar-refractivity contribution in [2.45, 2.75) is 12.4 Å². The molecule has 0 bridgehead atoms. The van der Waals surface area contributed by atoms with Crippen LogP contribution in [0.2, 0.25) is 0 Å². The number of hydrogen-bond acceptors (Lipinski definition) is 4. The molecular formula is C10H5F6NO4. The Labute approximate surface area is 112 Å². The maximum absolute atomic E-state index is 12.7. The number of carbonyl (C=O) groups excluding carboxylic acids is 1. The lowest BCUT2D eigenvalue weighted by Crippen LogP contribution is -2.18. The van der Waals surface area contributed by atoms with Gasteiger partial charge in [-0.1, -0.05) is 0 Å². The molecule has 0 aliphatic carbocycles. The Morgan fingerprint density at radius 2 is 1.57 bits per heavy atom. The molecular weight excluding hydrogens is 312 g/mol. The lowest BCUT2D eigenvalue weighted by molar-refractivity contribution is -0.388. The van der Waals surface area contributed by atoms with Crippen LogP contribution in [0.15, 0.2) is 12.1 Å². The zero-order chi connectivity index (χ0) is 16.6. The first kappa shape index (κ1) is 16.7. The molecule has 1 aromatic carbocycles. The predicted molar refractivity (Wildman–Crippen MR) is 54.4 cm³/mol. The Morgan fingerprint density at radius 3 is 1.90 bits per heavy atom. The average Bonchev–Trinajstić information content (AvgIpc) is 2.33. The minimum atomic E-state index is -5.31. The number of alkyl halides is 6. The number of nitro benzene ring substituents is 1. The van der Waals surface area contributed by atoms with Gasteiger partial charge in [0, 0.05) is 6.07 Å². The molecule has 11 heteroatoms. The van der Waals surface area contributed by atoms with E-state index >= 15 is 0 Å². The highest BCUT2D eigenvalue weighted by Crippen LogP contribution is 2.42. The first-order chi connectivity index (χ1) is 9.39. The van der Waals surface area contributed by atoms with Crippen LogP contribution in [-0.4, -0.2) is 18.0 Å². The topological polar surface area (TPSA) is 69.4 Å². The number of halogens is 6. The molecule has 1 rings (SSSR count). The number of carbonyl (C=O) groups is 1. The summed E-state index contributed by atoms with van der Waals surface area (Å²) < 4.78 is 80.0. The summed E-state index contributed by atoms with van der Waals surface area (Å²) in [5, 5.41) is 10.5. The molecule has 0 atom stereocenters. The molecule has 116 valence electrons. The van der Waals surface area contributed by atoms with Gasteiger partial charge < -0.3 is 4.74 Å². The van der Waals surface area contributed by atoms with E-state index in [9.17, 15) is 41.3 Å². The zero-order valence-corrected chi connectivity index (χ0v) is 10.0. The van der Waals surface area contributed by atoms with Crippen molar-refractivity contribution >= 4 is 11.7 Å². The highest BCUT2D eigenvalue weighted by Gasteiger charge is 2.44. The van der Waals surface area contributed by atoms with E-state index in [1.807, 2.05) is 0 Å². The second-order valence-electron chi connectivity index (χ2n) is 3.66. The van der Waals surface area contributed by atoms with Gasteiger partial charge in [0.25, 0.3) is 5.69 Å². The van der Waals surface area contributed by atoms with E-state index in [4.69, 9.17) is 0 Å². The Morgan fingerprint density at radius 1 is 1.10 bits per heavy atom. The minimum absolute atomic E-state index is 0.243. The summed E-state index contributed by atoms with van der Waals surface area (Å²) >= 11 is 0. The highest BCUT2D eigenvalue weighted by molar-refractivity contribution is 5.92. The fraction of sp³-hybridized carbons (Fsp3) is 0.300. The van der Waals surface area contributed by atoms with Crippen LogP contribution in [0.5, 0.6) is 0 Å². The number of esters is 1. The summed E-state index contributed by atoms with van der Waals surface area (Å²) in [6.45, 7) is 0. The number of nitro groups is 1. The van der Waals surface area contributed by atoms with Crippen LogP contribution in [0.1, 0.15) is 21.5 Å². The van der Waals surface area contributed by atoms with Crippen molar-refractivity contribution in [1.29, 1.82) is 0 Å². The maximum atomic E-state index is 12.7. The zero-order valence-electron chi connectivity index (χ0n) is 10.0. The summed E-state index contributed by atoms with van der Waals surface area (Å²) in [4.78, 5) is 20.1. The van der Waals surface area contributed by atoms with Gasteiger partial charge in [0.1, 0.15) is 5.56 Å². The molecule has 0 radical (unpaired) electrons. The van der Waals surface area contributed by atoms with Crippen LogP contribution in [0.4, 0.5) is 32.0 Å². The lowest BCUT2D eigenvalue weighted by atomic mass is 10.0. The van der Waals surface area contributed by atoms with Crippen molar-refractivity contribution in [1.82, 2.24) is 0 Å². The van der Waals surface area contributed by atoms with Gasteiger partial charge in [-0.2, -0.15) is 26.3 Å². The molecule has 0 aromatic heterocycles. The summed E-state index contributed by atoms with van der Waals surface area (Å²) in [6, 6.07) is -0.581. The third-order valence-electron chi connectivity index (χ3n) is 2.35. The van der Waals surface area contributed by atoms with Crippen LogP contribution in [0.25, 0.3) is 0 Å². The van der Waals surface area contributed by atoms with E-state index in [1.54, 1.807) is 0 Å². The van der Waals surface area contributed by atoms with Crippen LogP contribution in [0, 0.1) is 10.1 Å². The van der Waals surface area contributed by atoms with E-state index < -0.39 is 45.6 Å². The lowest BCUT2D eigenvalue weighted by Gasteiger charge is -2.14. The van der Waals surface area contributed by atoms with Crippen molar-refractivity contribution in [3.63, 3.8) is 0 Å². The minimum Gasteiger partial charge on any atom is -0.465 e. The summed E-state index contributed by atoms with van der Waals surface area (Å²) in [6.07, 6.45) is -10.6. The third kappa shape index (κ3) is 3.41. The van der Waals surface area contributed by atoms with Crippen LogP contribution < -0.4 is 0 Å². The van der Waals surface area contributed by atoms with Gasteiger partial charge in [-0.3, -0.25) is 10.1 Å². The molecule has 0 aliphatic heterocycles. The quantitative estimate of drug-likeness (QED) is 0.363. The van der Waals surface area contributed by atoms with Crippen LogP contribution >= 0.6 is 0 Å². The summed E-state index contributed by atoms with van der Waals surface area (Å²) in [5.74, 6) is -1.69. The van der Waals surface area contributed by atoms with E-state index in [2.05, 4.69) is 4.74 Å². The second-order valence-corrected chi connectivity index (χ2v) is 3.66. The molecule has 0 fully saturated rings. The monoisotopic (exact) mass is 317 g/mol. The molecule has 0 amide bonds. The molecule has 0 aliphatic rings. The van der Waals surface area contributed by atoms with Crippen molar-refractivity contribution in [2.24, 2.45) is 0 Å². The summed E-state index contributed by atoms with van der Waals surface area (Å²) in [5.41, 5.74) is -7.11. The fourth-order valence-electron chi connectivity index (χ4n) is 1.48.